The first-order valence-corrected chi connectivity index (χ1v) is 7.99. The Morgan fingerprint density at radius 3 is 2.81 bits per heavy atom. The summed E-state index contributed by atoms with van der Waals surface area (Å²) in [4.78, 5) is 13.4. The second-order valence-corrected chi connectivity index (χ2v) is 6.05. The van der Waals surface area contributed by atoms with Gasteiger partial charge in [-0.2, -0.15) is 0 Å². The van der Waals surface area contributed by atoms with Crippen molar-refractivity contribution in [2.24, 2.45) is 0 Å². The third-order valence-corrected chi connectivity index (χ3v) is 4.71. The monoisotopic (exact) mass is 298 g/mol. The third-order valence-electron chi connectivity index (χ3n) is 3.65. The van der Waals surface area contributed by atoms with Gasteiger partial charge in [-0.05, 0) is 35.9 Å². The molecule has 3 rings (SSSR count). The second kappa shape index (κ2) is 6.24. The number of nitrogens with zero attached hydrogens (tertiary/aromatic N) is 1. The maximum Gasteiger partial charge on any atom is 0.251 e. The highest BCUT2D eigenvalue weighted by Crippen LogP contribution is 2.17. The van der Waals surface area contributed by atoms with Crippen molar-refractivity contribution in [2.75, 3.05) is 6.54 Å². The van der Waals surface area contributed by atoms with Crippen LogP contribution in [-0.4, -0.2) is 11.1 Å². The lowest BCUT2D eigenvalue weighted by Crippen LogP contribution is -2.28. The normalized spacial score (nSPS) is 12.6. The molecule has 2 aromatic heterocycles. The molecule has 0 saturated heterocycles. The van der Waals surface area contributed by atoms with Gasteiger partial charge < -0.3 is 9.88 Å². The molecule has 108 valence electrons. The fraction of sp³-hybridized carbons (Fsp3) is 0.235. The van der Waals surface area contributed by atoms with Crippen LogP contribution >= 0.6 is 11.3 Å². The van der Waals surface area contributed by atoms with E-state index >= 15 is 0 Å². The topological polar surface area (TPSA) is 34.0 Å². The van der Waals surface area contributed by atoms with Crippen LogP contribution in [0.1, 0.15) is 17.8 Å². The Labute approximate surface area is 127 Å². The van der Waals surface area contributed by atoms with Crippen molar-refractivity contribution in [1.82, 2.24) is 9.88 Å². The number of hydrogen-bond acceptors (Lipinski definition) is 3. The van der Waals surface area contributed by atoms with Crippen molar-refractivity contribution >= 4 is 22.2 Å². The first-order valence-electron chi connectivity index (χ1n) is 7.11. The molecule has 0 aliphatic heterocycles. The van der Waals surface area contributed by atoms with Crippen LogP contribution in [0.5, 0.6) is 0 Å². The number of aromatic nitrogens is 1. The Morgan fingerprint density at radius 2 is 2.00 bits per heavy atom. The first kappa shape index (κ1) is 14.0. The first-order chi connectivity index (χ1) is 10.3. The Hall–Kier alpha value is -1.91. The Balaban J connectivity index is 1.73. The summed E-state index contributed by atoms with van der Waals surface area (Å²) in [5.74, 6) is 0. The molecule has 0 radical (unpaired) electrons. The number of rotatable bonds is 5. The van der Waals surface area contributed by atoms with E-state index < -0.39 is 0 Å². The third kappa shape index (κ3) is 3.06. The van der Waals surface area contributed by atoms with Gasteiger partial charge in [-0.3, -0.25) is 4.79 Å². The van der Waals surface area contributed by atoms with Gasteiger partial charge in [0.2, 0.25) is 0 Å². The minimum absolute atomic E-state index is 0.0549. The van der Waals surface area contributed by atoms with Crippen LogP contribution in [0.25, 0.3) is 10.9 Å². The average molecular weight is 298 g/mol. The number of thiophene rings is 1. The Bertz CT molecular complexity index is 777. The summed E-state index contributed by atoms with van der Waals surface area (Å²) in [5, 5.41) is 6.66. The number of benzene rings is 1. The fourth-order valence-corrected chi connectivity index (χ4v) is 3.26. The van der Waals surface area contributed by atoms with Crippen LogP contribution in [0.4, 0.5) is 0 Å². The van der Waals surface area contributed by atoms with Crippen LogP contribution in [0.2, 0.25) is 0 Å². The zero-order valence-electron chi connectivity index (χ0n) is 12.0. The van der Waals surface area contributed by atoms with Crippen LogP contribution in [0.15, 0.2) is 58.7 Å². The van der Waals surface area contributed by atoms with Gasteiger partial charge in [0.05, 0.1) is 5.52 Å². The largest absolute Gasteiger partial charge is 0.308 e. The molecule has 0 spiro atoms. The molecule has 0 bridgehead atoms. The molecular weight excluding hydrogens is 280 g/mol. The van der Waals surface area contributed by atoms with Crippen LogP contribution in [0.3, 0.4) is 0 Å². The van der Waals surface area contributed by atoms with Gasteiger partial charge in [-0.15, -0.1) is 11.3 Å². The molecule has 1 aromatic carbocycles. The van der Waals surface area contributed by atoms with Gasteiger partial charge >= 0.3 is 0 Å². The standard InChI is InChI=1S/C17H18N2OS/c1-13(16-7-4-12-21-16)18-10-11-19-15-6-3-2-5-14(15)8-9-17(19)20/h2-9,12-13,18H,10-11H2,1H3. The Kier molecular flexibility index (Phi) is 4.18. The van der Waals surface area contributed by atoms with Gasteiger partial charge in [0.15, 0.2) is 0 Å². The predicted molar refractivity (Wildman–Crippen MR) is 88.9 cm³/mol. The van der Waals surface area contributed by atoms with Gasteiger partial charge in [0.25, 0.3) is 5.56 Å². The van der Waals surface area contributed by atoms with Crippen molar-refractivity contribution < 1.29 is 0 Å². The van der Waals surface area contributed by atoms with Crippen molar-refractivity contribution in [3.05, 3.63) is 69.1 Å². The van der Waals surface area contributed by atoms with E-state index in [-0.39, 0.29) is 5.56 Å². The quantitative estimate of drug-likeness (QED) is 0.783. The molecule has 0 saturated carbocycles. The molecular formula is C17H18N2OS. The number of nitrogens with one attached hydrogen (secondary N) is 1. The summed E-state index contributed by atoms with van der Waals surface area (Å²) in [6, 6.07) is 16.0. The molecule has 0 aliphatic carbocycles. The zero-order chi connectivity index (χ0) is 14.7. The molecule has 0 fully saturated rings. The van der Waals surface area contributed by atoms with Crippen molar-refractivity contribution in [3.63, 3.8) is 0 Å². The lowest BCUT2D eigenvalue weighted by Gasteiger charge is -2.14. The van der Waals surface area contributed by atoms with Crippen molar-refractivity contribution in [1.29, 1.82) is 0 Å². The van der Waals surface area contributed by atoms with Gasteiger partial charge in [-0.25, -0.2) is 0 Å². The average Bonchev–Trinajstić information content (AvgIpc) is 3.04. The molecule has 2 heterocycles. The van der Waals surface area contributed by atoms with Crippen LogP contribution in [-0.2, 0) is 6.54 Å². The SMILES string of the molecule is CC(NCCn1c(=O)ccc2ccccc21)c1cccs1. The van der Waals surface area contributed by atoms with Gasteiger partial charge in [-0.1, -0.05) is 24.3 Å². The minimum Gasteiger partial charge on any atom is -0.308 e. The molecule has 4 heteroatoms. The molecule has 1 unspecified atom stereocenters. The van der Waals surface area contributed by atoms with E-state index in [1.165, 1.54) is 4.88 Å². The molecule has 1 N–H and O–H groups in total. The summed E-state index contributed by atoms with van der Waals surface area (Å²) in [7, 11) is 0. The molecule has 0 amide bonds. The van der Waals surface area contributed by atoms with Crippen LogP contribution in [0, 0.1) is 0 Å². The number of hydrogen-bond donors (Lipinski definition) is 1. The van der Waals surface area contributed by atoms with Crippen LogP contribution < -0.4 is 10.9 Å². The van der Waals surface area contributed by atoms with E-state index in [1.54, 1.807) is 17.4 Å². The van der Waals surface area contributed by atoms with E-state index in [2.05, 4.69) is 29.8 Å². The Morgan fingerprint density at radius 1 is 1.14 bits per heavy atom. The summed E-state index contributed by atoms with van der Waals surface area (Å²) in [6.45, 7) is 3.60. The van der Waals surface area contributed by atoms with E-state index in [9.17, 15) is 4.79 Å². The van der Waals surface area contributed by atoms with Gasteiger partial charge in [0, 0.05) is 30.1 Å². The van der Waals surface area contributed by atoms with E-state index in [1.807, 2.05) is 34.9 Å². The molecule has 0 aliphatic rings. The van der Waals surface area contributed by atoms with Crippen molar-refractivity contribution in [2.45, 2.75) is 19.5 Å². The van der Waals surface area contributed by atoms with Gasteiger partial charge in [0.1, 0.15) is 0 Å². The fourth-order valence-electron chi connectivity index (χ4n) is 2.51. The van der Waals surface area contributed by atoms with E-state index in [0.717, 1.165) is 17.4 Å². The van der Waals surface area contributed by atoms with E-state index in [0.29, 0.717) is 12.6 Å². The maximum absolute atomic E-state index is 12.1. The maximum atomic E-state index is 12.1. The second-order valence-electron chi connectivity index (χ2n) is 5.07. The van der Waals surface area contributed by atoms with Crippen molar-refractivity contribution in [3.8, 4) is 0 Å². The lowest BCUT2D eigenvalue weighted by molar-refractivity contribution is 0.536. The molecule has 21 heavy (non-hydrogen) atoms. The molecule has 1 atom stereocenters. The smallest absolute Gasteiger partial charge is 0.251 e. The minimum atomic E-state index is 0.0549. The number of pyridine rings is 1. The number of para-hydroxylation sites is 1. The highest BCUT2D eigenvalue weighted by atomic mass is 32.1. The summed E-state index contributed by atoms with van der Waals surface area (Å²) < 4.78 is 1.84. The summed E-state index contributed by atoms with van der Waals surface area (Å²) >= 11 is 1.75. The predicted octanol–water partition coefficient (Wildman–Crippen LogP) is 3.41. The summed E-state index contributed by atoms with van der Waals surface area (Å²) in [6.07, 6.45) is 0. The molecule has 3 aromatic rings. The highest BCUT2D eigenvalue weighted by Gasteiger charge is 2.06. The zero-order valence-corrected chi connectivity index (χ0v) is 12.8. The summed E-state index contributed by atoms with van der Waals surface area (Å²) in [5.41, 5.74) is 1.05. The molecule has 3 nitrogen and oxygen atoms in total. The number of fused-ring (bicyclic) bond motifs is 1. The lowest BCUT2D eigenvalue weighted by atomic mass is 10.2. The van der Waals surface area contributed by atoms with E-state index in [4.69, 9.17) is 0 Å². The highest BCUT2D eigenvalue weighted by molar-refractivity contribution is 7.10.